The molecule has 2 heteroatoms. The Bertz CT molecular complexity index is 244. The fraction of sp³-hybridized carbons (Fsp3) is 0.455. The second kappa shape index (κ2) is 4.80. The SMILES string of the molecule is CCOC(C)(C)[Se]c1ccccc1. The molecule has 0 aliphatic rings. The van der Waals surface area contributed by atoms with E-state index >= 15 is 0 Å². The standard InChI is InChI=1S/C11H16OSe/c1-4-12-11(2,3)13-10-8-6-5-7-9-10/h5-9H,4H2,1-3H3. The van der Waals surface area contributed by atoms with Gasteiger partial charge in [-0.2, -0.15) is 0 Å². The summed E-state index contributed by atoms with van der Waals surface area (Å²) in [4.78, 5) is 0. The monoisotopic (exact) mass is 244 g/mol. The molecule has 0 fully saturated rings. The van der Waals surface area contributed by atoms with Crippen LogP contribution in [0.1, 0.15) is 20.8 Å². The van der Waals surface area contributed by atoms with Gasteiger partial charge in [-0.25, -0.2) is 0 Å². The predicted molar refractivity (Wildman–Crippen MR) is 57.5 cm³/mol. The van der Waals surface area contributed by atoms with Crippen molar-refractivity contribution in [2.24, 2.45) is 0 Å². The molecule has 0 aliphatic heterocycles. The van der Waals surface area contributed by atoms with Crippen LogP contribution in [0, 0.1) is 0 Å². The summed E-state index contributed by atoms with van der Waals surface area (Å²) in [6, 6.07) is 10.5. The van der Waals surface area contributed by atoms with Crippen molar-refractivity contribution >= 4 is 19.4 Å². The van der Waals surface area contributed by atoms with Crippen LogP contribution in [-0.4, -0.2) is 26.1 Å². The van der Waals surface area contributed by atoms with Crippen LogP contribution in [-0.2, 0) is 4.74 Å². The fourth-order valence-electron chi connectivity index (χ4n) is 1.15. The van der Waals surface area contributed by atoms with Crippen LogP contribution in [0.4, 0.5) is 0 Å². The van der Waals surface area contributed by atoms with Crippen molar-refractivity contribution in [1.29, 1.82) is 0 Å². The Labute approximate surface area is 86.7 Å². The van der Waals surface area contributed by atoms with Crippen LogP contribution in [0.15, 0.2) is 30.3 Å². The number of hydrogen-bond acceptors (Lipinski definition) is 1. The fourth-order valence-corrected chi connectivity index (χ4v) is 3.33. The molecule has 0 heterocycles. The van der Waals surface area contributed by atoms with E-state index < -0.39 is 0 Å². The van der Waals surface area contributed by atoms with E-state index in [9.17, 15) is 0 Å². The van der Waals surface area contributed by atoms with Crippen molar-refractivity contribution < 1.29 is 4.74 Å². The molecule has 0 spiro atoms. The van der Waals surface area contributed by atoms with Gasteiger partial charge in [0.25, 0.3) is 0 Å². The van der Waals surface area contributed by atoms with Gasteiger partial charge in [-0.3, -0.25) is 0 Å². The molecule has 0 saturated heterocycles. The average molecular weight is 243 g/mol. The van der Waals surface area contributed by atoms with Crippen LogP contribution in [0.2, 0.25) is 0 Å². The molecule has 0 unspecified atom stereocenters. The summed E-state index contributed by atoms with van der Waals surface area (Å²) < 4.78 is 7.07. The predicted octanol–water partition coefficient (Wildman–Crippen LogP) is 1.79. The van der Waals surface area contributed by atoms with Crippen LogP contribution in [0.5, 0.6) is 0 Å². The Morgan fingerprint density at radius 1 is 1.23 bits per heavy atom. The zero-order chi connectivity index (χ0) is 9.73. The Morgan fingerprint density at radius 2 is 1.85 bits per heavy atom. The summed E-state index contributed by atoms with van der Waals surface area (Å²) in [6.45, 7) is 7.15. The molecule has 0 saturated carbocycles. The van der Waals surface area contributed by atoms with Gasteiger partial charge in [0.15, 0.2) is 0 Å². The molecule has 0 amide bonds. The first-order valence-corrected chi connectivity index (χ1v) is 6.23. The number of ether oxygens (including phenoxy) is 1. The topological polar surface area (TPSA) is 9.23 Å². The van der Waals surface area contributed by atoms with Crippen molar-refractivity contribution in [3.05, 3.63) is 30.3 Å². The van der Waals surface area contributed by atoms with E-state index in [0.717, 1.165) is 6.61 Å². The Balaban J connectivity index is 2.58. The van der Waals surface area contributed by atoms with Gasteiger partial charge >= 0.3 is 86.4 Å². The first-order chi connectivity index (χ1) is 6.14. The summed E-state index contributed by atoms with van der Waals surface area (Å²) in [5.74, 6) is 0. The molecule has 0 radical (unpaired) electrons. The zero-order valence-corrected chi connectivity index (χ0v) is 10.1. The normalized spacial score (nSPS) is 11.6. The van der Waals surface area contributed by atoms with Gasteiger partial charge in [-0.1, -0.05) is 0 Å². The first kappa shape index (κ1) is 10.8. The van der Waals surface area contributed by atoms with Crippen molar-refractivity contribution in [3.8, 4) is 0 Å². The Morgan fingerprint density at radius 3 is 2.38 bits per heavy atom. The molecule has 1 rings (SSSR count). The third kappa shape index (κ3) is 3.95. The third-order valence-corrected chi connectivity index (χ3v) is 3.94. The van der Waals surface area contributed by atoms with E-state index in [-0.39, 0.29) is 4.50 Å². The van der Waals surface area contributed by atoms with Gasteiger partial charge in [-0.05, 0) is 0 Å². The summed E-state index contributed by atoms with van der Waals surface area (Å²) in [7, 11) is 0. The quantitative estimate of drug-likeness (QED) is 0.732. The summed E-state index contributed by atoms with van der Waals surface area (Å²) in [6.07, 6.45) is 0. The summed E-state index contributed by atoms with van der Waals surface area (Å²) in [5.41, 5.74) is 0. The van der Waals surface area contributed by atoms with Gasteiger partial charge in [0.2, 0.25) is 0 Å². The molecule has 0 aliphatic carbocycles. The average Bonchev–Trinajstić information content (AvgIpc) is 2.04. The number of hydrogen-bond donors (Lipinski definition) is 0. The molecular formula is C11H16OSe. The third-order valence-electron chi connectivity index (χ3n) is 1.60. The van der Waals surface area contributed by atoms with E-state index in [4.69, 9.17) is 4.74 Å². The molecule has 1 aromatic rings. The van der Waals surface area contributed by atoms with Crippen molar-refractivity contribution in [2.45, 2.75) is 25.3 Å². The van der Waals surface area contributed by atoms with E-state index in [1.54, 1.807) is 0 Å². The number of rotatable bonds is 4. The molecule has 1 aromatic carbocycles. The van der Waals surface area contributed by atoms with Crippen LogP contribution in [0.3, 0.4) is 0 Å². The number of benzene rings is 1. The van der Waals surface area contributed by atoms with Gasteiger partial charge in [-0.15, -0.1) is 0 Å². The van der Waals surface area contributed by atoms with Crippen LogP contribution < -0.4 is 4.46 Å². The Kier molecular flexibility index (Phi) is 3.98. The second-order valence-corrected chi connectivity index (χ2v) is 6.73. The van der Waals surface area contributed by atoms with Crippen molar-refractivity contribution in [2.75, 3.05) is 6.61 Å². The van der Waals surface area contributed by atoms with Gasteiger partial charge in [0.05, 0.1) is 0 Å². The van der Waals surface area contributed by atoms with Gasteiger partial charge in [0, 0.05) is 0 Å². The van der Waals surface area contributed by atoms with E-state index in [1.165, 1.54) is 4.46 Å². The molecule has 0 N–H and O–H groups in total. The summed E-state index contributed by atoms with van der Waals surface area (Å²) >= 11 is 0.393. The maximum atomic E-state index is 5.66. The van der Waals surface area contributed by atoms with Crippen LogP contribution in [0.25, 0.3) is 0 Å². The zero-order valence-electron chi connectivity index (χ0n) is 8.41. The van der Waals surface area contributed by atoms with E-state index in [1.807, 2.05) is 13.0 Å². The molecule has 72 valence electrons. The Hall–Kier alpha value is -0.301. The molecule has 13 heavy (non-hydrogen) atoms. The van der Waals surface area contributed by atoms with Crippen LogP contribution >= 0.6 is 0 Å². The summed E-state index contributed by atoms with van der Waals surface area (Å²) in [5, 5.41) is 0. The molecule has 0 bridgehead atoms. The molecular weight excluding hydrogens is 227 g/mol. The molecule has 0 atom stereocenters. The second-order valence-electron chi connectivity index (χ2n) is 3.25. The molecule has 1 nitrogen and oxygen atoms in total. The van der Waals surface area contributed by atoms with E-state index in [0.29, 0.717) is 15.0 Å². The van der Waals surface area contributed by atoms with Gasteiger partial charge in [0.1, 0.15) is 0 Å². The van der Waals surface area contributed by atoms with Crippen molar-refractivity contribution in [1.82, 2.24) is 0 Å². The van der Waals surface area contributed by atoms with E-state index in [2.05, 4.69) is 38.1 Å². The van der Waals surface area contributed by atoms with Gasteiger partial charge < -0.3 is 0 Å². The first-order valence-electron chi connectivity index (χ1n) is 4.52. The maximum absolute atomic E-state index is 5.66. The van der Waals surface area contributed by atoms with Crippen molar-refractivity contribution in [3.63, 3.8) is 0 Å². The minimum atomic E-state index is 0.0170. The minimum absolute atomic E-state index is 0.0170. The molecule has 0 aromatic heterocycles.